The van der Waals surface area contributed by atoms with Crippen LogP contribution in [0.2, 0.25) is 0 Å². The number of thiophene rings is 1. The molecule has 3 aromatic heterocycles. The highest BCUT2D eigenvalue weighted by Gasteiger charge is 2.22. The molecule has 0 radical (unpaired) electrons. The zero-order chi connectivity index (χ0) is 22.2. The lowest BCUT2D eigenvalue weighted by Gasteiger charge is -2.15. The monoisotopic (exact) mass is 460 g/mol. The molecule has 32 heavy (non-hydrogen) atoms. The molecule has 1 unspecified atom stereocenters. The van der Waals surface area contributed by atoms with Gasteiger partial charge in [0.1, 0.15) is 4.83 Å². The van der Waals surface area contributed by atoms with Crippen molar-refractivity contribution in [3.05, 3.63) is 88.4 Å². The molecule has 0 aliphatic rings. The number of thioether (sulfide) groups is 1. The van der Waals surface area contributed by atoms with Crippen LogP contribution in [0.1, 0.15) is 29.5 Å². The summed E-state index contributed by atoms with van der Waals surface area (Å²) in [5, 5.41) is 9.12. The van der Waals surface area contributed by atoms with E-state index in [-0.39, 0.29) is 10.8 Å². The van der Waals surface area contributed by atoms with Crippen molar-refractivity contribution in [3.63, 3.8) is 0 Å². The molecule has 0 aliphatic carbocycles. The van der Waals surface area contributed by atoms with Gasteiger partial charge in [0.05, 0.1) is 16.3 Å². The largest absolute Gasteiger partial charge is 0.424 e. The molecule has 0 bridgehead atoms. The molecule has 2 aromatic carbocycles. The molecule has 5 aromatic rings. The van der Waals surface area contributed by atoms with Gasteiger partial charge in [0.15, 0.2) is 5.16 Å². The fourth-order valence-corrected chi connectivity index (χ4v) is 5.53. The number of benzene rings is 2. The van der Waals surface area contributed by atoms with Gasteiger partial charge in [-0.25, -0.2) is 4.98 Å². The third-order valence-electron chi connectivity index (χ3n) is 5.12. The van der Waals surface area contributed by atoms with Crippen LogP contribution < -0.4 is 5.56 Å². The lowest BCUT2D eigenvalue weighted by atomic mass is 10.2. The zero-order valence-electron chi connectivity index (χ0n) is 17.8. The van der Waals surface area contributed by atoms with E-state index in [1.165, 1.54) is 23.1 Å². The van der Waals surface area contributed by atoms with Crippen LogP contribution in [0.4, 0.5) is 0 Å². The van der Waals surface area contributed by atoms with Crippen molar-refractivity contribution in [1.29, 1.82) is 0 Å². The lowest BCUT2D eigenvalue weighted by molar-refractivity contribution is 0.470. The van der Waals surface area contributed by atoms with Gasteiger partial charge in [-0.3, -0.25) is 9.36 Å². The summed E-state index contributed by atoms with van der Waals surface area (Å²) < 4.78 is 7.31. The maximum Gasteiger partial charge on any atom is 0.267 e. The molecule has 0 aliphatic heterocycles. The van der Waals surface area contributed by atoms with Gasteiger partial charge in [0.2, 0.25) is 11.8 Å². The first-order valence-electron chi connectivity index (χ1n) is 10.2. The average Bonchev–Trinajstić information content (AvgIpc) is 3.42. The van der Waals surface area contributed by atoms with Crippen molar-refractivity contribution in [2.45, 2.75) is 31.2 Å². The molecule has 8 heteroatoms. The van der Waals surface area contributed by atoms with Crippen LogP contribution in [0, 0.1) is 13.8 Å². The second-order valence-corrected chi connectivity index (χ2v) is 9.77. The molecule has 0 amide bonds. The minimum Gasteiger partial charge on any atom is -0.424 e. The Balaban J connectivity index is 1.70. The predicted octanol–water partition coefficient (Wildman–Crippen LogP) is 5.97. The SMILES string of the molecule is Cc1nnc(C(C)Sc2nc3sc(-c4ccccc4)cc3c(=O)n2-c2ccccc2C)o1. The number of hydrogen-bond donors (Lipinski definition) is 0. The van der Waals surface area contributed by atoms with E-state index in [0.29, 0.717) is 22.3 Å². The summed E-state index contributed by atoms with van der Waals surface area (Å²) >= 11 is 2.96. The van der Waals surface area contributed by atoms with E-state index in [2.05, 4.69) is 10.2 Å². The maximum atomic E-state index is 13.7. The zero-order valence-corrected chi connectivity index (χ0v) is 19.4. The Kier molecular flexibility index (Phi) is 5.40. The Bertz CT molecular complexity index is 1470. The number of fused-ring (bicyclic) bond motifs is 1. The van der Waals surface area contributed by atoms with Gasteiger partial charge < -0.3 is 4.42 Å². The van der Waals surface area contributed by atoms with E-state index in [1.807, 2.05) is 74.5 Å². The first kappa shape index (κ1) is 20.7. The first-order valence-corrected chi connectivity index (χ1v) is 11.9. The van der Waals surface area contributed by atoms with Gasteiger partial charge in [-0.05, 0) is 37.1 Å². The number of nitrogens with zero attached hydrogens (tertiary/aromatic N) is 4. The molecule has 6 nitrogen and oxygen atoms in total. The van der Waals surface area contributed by atoms with E-state index in [9.17, 15) is 4.79 Å². The summed E-state index contributed by atoms with van der Waals surface area (Å²) in [5.41, 5.74) is 2.80. The standard InChI is InChI=1S/C24H20N4O2S2/c1-14-9-7-8-12-19(14)28-23(29)18-13-20(17-10-5-4-6-11-17)32-22(18)25-24(28)31-15(2)21-27-26-16(3)30-21/h4-13,15H,1-3H3. The molecule has 160 valence electrons. The molecule has 0 N–H and O–H groups in total. The molecule has 1 atom stereocenters. The molecule has 0 spiro atoms. The Labute approximate surface area is 193 Å². The van der Waals surface area contributed by atoms with Crippen molar-refractivity contribution < 1.29 is 4.42 Å². The van der Waals surface area contributed by atoms with Crippen molar-refractivity contribution >= 4 is 33.3 Å². The summed E-state index contributed by atoms with van der Waals surface area (Å²) in [4.78, 5) is 20.4. The summed E-state index contributed by atoms with van der Waals surface area (Å²) in [5.74, 6) is 1.02. The van der Waals surface area contributed by atoms with Gasteiger partial charge >= 0.3 is 0 Å². The fraction of sp³-hybridized carbons (Fsp3) is 0.167. The predicted molar refractivity (Wildman–Crippen MR) is 129 cm³/mol. The van der Waals surface area contributed by atoms with E-state index in [1.54, 1.807) is 11.5 Å². The van der Waals surface area contributed by atoms with E-state index in [4.69, 9.17) is 9.40 Å². The van der Waals surface area contributed by atoms with Crippen LogP contribution in [0.3, 0.4) is 0 Å². The van der Waals surface area contributed by atoms with Crippen LogP contribution in [0.15, 0.2) is 75.0 Å². The Morgan fingerprint density at radius 1 is 1.03 bits per heavy atom. The van der Waals surface area contributed by atoms with Crippen LogP contribution in [-0.4, -0.2) is 19.7 Å². The third-order valence-corrected chi connectivity index (χ3v) is 7.24. The number of hydrogen-bond acceptors (Lipinski definition) is 7. The van der Waals surface area contributed by atoms with E-state index < -0.39 is 0 Å². The molecule has 3 heterocycles. The van der Waals surface area contributed by atoms with Crippen molar-refractivity contribution in [2.24, 2.45) is 0 Å². The van der Waals surface area contributed by atoms with Gasteiger partial charge in [-0.1, -0.05) is 60.3 Å². The normalized spacial score (nSPS) is 12.3. The minimum atomic E-state index is -0.163. The molecule has 0 fully saturated rings. The van der Waals surface area contributed by atoms with Crippen LogP contribution in [0.25, 0.3) is 26.3 Å². The summed E-state index contributed by atoms with van der Waals surface area (Å²) in [6.45, 7) is 5.73. The van der Waals surface area contributed by atoms with Crippen LogP contribution in [0.5, 0.6) is 0 Å². The lowest BCUT2D eigenvalue weighted by Crippen LogP contribution is -2.22. The number of para-hydroxylation sites is 1. The second-order valence-electron chi connectivity index (χ2n) is 7.44. The summed E-state index contributed by atoms with van der Waals surface area (Å²) in [6.07, 6.45) is 0. The highest BCUT2D eigenvalue weighted by atomic mass is 32.2. The second kappa shape index (κ2) is 8.37. The molecule has 5 rings (SSSR count). The van der Waals surface area contributed by atoms with Gasteiger partial charge in [-0.15, -0.1) is 21.5 Å². The molecular formula is C24H20N4O2S2. The number of aryl methyl sites for hydroxylation is 2. The third kappa shape index (κ3) is 3.76. The van der Waals surface area contributed by atoms with Gasteiger partial charge in [-0.2, -0.15) is 0 Å². The number of rotatable bonds is 5. The van der Waals surface area contributed by atoms with Crippen molar-refractivity contribution in [3.8, 4) is 16.1 Å². The first-order chi connectivity index (χ1) is 15.5. The highest BCUT2D eigenvalue weighted by molar-refractivity contribution is 7.99. The number of aromatic nitrogens is 4. The van der Waals surface area contributed by atoms with Gasteiger partial charge in [0, 0.05) is 11.8 Å². The molecule has 0 saturated heterocycles. The van der Waals surface area contributed by atoms with Crippen LogP contribution in [-0.2, 0) is 0 Å². The fourth-order valence-electron chi connectivity index (χ4n) is 3.50. The van der Waals surface area contributed by atoms with E-state index >= 15 is 0 Å². The van der Waals surface area contributed by atoms with Crippen molar-refractivity contribution in [2.75, 3.05) is 0 Å². The maximum absolute atomic E-state index is 13.7. The Hall–Kier alpha value is -3.23. The highest BCUT2D eigenvalue weighted by Crippen LogP contribution is 2.37. The summed E-state index contributed by atoms with van der Waals surface area (Å²) in [7, 11) is 0. The van der Waals surface area contributed by atoms with E-state index in [0.717, 1.165) is 26.5 Å². The van der Waals surface area contributed by atoms with Crippen LogP contribution >= 0.6 is 23.1 Å². The van der Waals surface area contributed by atoms with Gasteiger partial charge in [0.25, 0.3) is 5.56 Å². The Morgan fingerprint density at radius 2 is 1.78 bits per heavy atom. The Morgan fingerprint density at radius 3 is 2.50 bits per heavy atom. The van der Waals surface area contributed by atoms with Crippen molar-refractivity contribution in [1.82, 2.24) is 19.7 Å². The topological polar surface area (TPSA) is 73.8 Å². The molecular weight excluding hydrogens is 440 g/mol. The average molecular weight is 461 g/mol. The smallest absolute Gasteiger partial charge is 0.267 e. The quantitative estimate of drug-likeness (QED) is 0.238. The minimum absolute atomic E-state index is 0.0841. The summed E-state index contributed by atoms with van der Waals surface area (Å²) in [6, 6.07) is 19.8. The molecule has 0 saturated carbocycles.